The molecular formula is C105H90Ir2N9O4PtS-3. The van der Waals surface area contributed by atoms with Crippen molar-refractivity contribution in [2.24, 2.45) is 0 Å². The summed E-state index contributed by atoms with van der Waals surface area (Å²) in [4.78, 5) is 38.5. The quantitative estimate of drug-likeness (QED) is 0.0511. The summed E-state index contributed by atoms with van der Waals surface area (Å²) in [6.45, 7) is 11.8. The minimum Gasteiger partial charge on any atom is -0.512 e. The standard InChI is InChI=1S/C50H42N4O.C21H23N2.C17H10NO.C12H7N2S.C5H8O2.2Ir.Pt/c1-3-14-33(15-4-1)37-20-13-21-38(34-16-5-2-6-17-34)49(37)47-32-52-50-43-30-35(25-27-39(43)40-18-7-10-23-45(40)54(47)50)55-36-26-28-42-41-19-8-9-22-44(41)53(46(42)31-36)48-24-11-12-29-51-48;1-15(2)18-11-8-12-19(16(3)4)20(18)23-14-13-22-21(23)17-9-6-5-7-10-17;1-2-10-16-12(6-1)13-7-5-8-14(17(13)19-16)15-9-3-4-11-18-15;1-2-4-9(5-3-1)11-10-6-7-15-12(10)14-8-13-11;1-4(6)3-5(2)7;;;/h7-13,18-29,32-34H,1-6,14-17H2;5-9,11-16H,1-4H3;1-7,9-11H;1-4,6-8H;3,6H,1-2H3;;;/q-2;3*-1;;;;+2. The molecule has 17 heteroatoms. The molecule has 0 aliphatic heterocycles. The van der Waals surface area contributed by atoms with Gasteiger partial charge in [-0.3, -0.25) is 19.7 Å². The van der Waals surface area contributed by atoms with Crippen LogP contribution in [0.3, 0.4) is 0 Å². The summed E-state index contributed by atoms with van der Waals surface area (Å²) in [7, 11) is 0. The monoisotopic (exact) mass is 2150 g/mol. The molecule has 21 rings (SSSR count). The molecule has 9 aromatic heterocycles. The zero-order valence-corrected chi connectivity index (χ0v) is 76.5. The van der Waals surface area contributed by atoms with Crippen LogP contribution in [-0.4, -0.2) is 54.3 Å². The zero-order chi connectivity index (χ0) is 81.3. The second kappa shape index (κ2) is 40.0. The number of fused-ring (bicyclic) bond motifs is 13. The third-order valence-electron chi connectivity index (χ3n) is 22.5. The smallest absolute Gasteiger partial charge is 0.512 e. The van der Waals surface area contributed by atoms with E-state index >= 15 is 0 Å². The number of allylic oxidation sites excluding steroid dienone is 2. The van der Waals surface area contributed by atoms with E-state index < -0.39 is 0 Å². The Morgan fingerprint density at radius 3 is 1.80 bits per heavy atom. The van der Waals surface area contributed by atoms with Gasteiger partial charge in [0.2, 0.25) is 0 Å². The molecule has 13 nitrogen and oxygen atoms in total. The van der Waals surface area contributed by atoms with Crippen LogP contribution in [0, 0.1) is 30.3 Å². The predicted molar refractivity (Wildman–Crippen MR) is 484 cm³/mol. The molecule has 122 heavy (non-hydrogen) atoms. The van der Waals surface area contributed by atoms with Crippen LogP contribution in [0.5, 0.6) is 11.5 Å². The third kappa shape index (κ3) is 18.5. The van der Waals surface area contributed by atoms with Gasteiger partial charge in [-0.05, 0) is 161 Å². The molecule has 0 saturated heterocycles. The Kier molecular flexibility index (Phi) is 28.5. The average Bonchev–Trinajstić information content (AvgIpc) is 1.47. The minimum absolute atomic E-state index is 0. The van der Waals surface area contributed by atoms with Crippen molar-refractivity contribution in [1.82, 2.24) is 43.4 Å². The number of thiophene rings is 1. The number of aliphatic hydroxyl groups excluding tert-OH is 1. The Hall–Kier alpha value is -11.4. The fraction of sp³-hybridized carbons (Fsp3) is 0.190. The SMILES string of the molecule is CC(=O)C=C(C)O.CC(C)c1cccc(C(C)C)c1-n1ccnc1-c1[c-]cccc1.[Ir].[Ir].[Pt+2].[c-]1c(Oc2[c-]c3c(cc2)c2ccccc2n3-c2ccccn2)ccc2c1c1ncc(-c3c(C4CCCCC4)cccc3C3CCCCC3)n1c1ccccc21.[c-]1ccc2c(oc3ccccc32)c1-c1ccccn1.[c-]1ccccc1-c1ncnc2sccc12. The Bertz CT molecular complexity index is 6770. The van der Waals surface area contributed by atoms with Crippen molar-refractivity contribution >= 4 is 98.4 Å². The molecule has 10 aromatic carbocycles. The number of para-hydroxylation sites is 4. The number of hydrogen-bond acceptors (Lipinski definition) is 11. The molecule has 2 radical (unpaired) electrons. The van der Waals surface area contributed by atoms with E-state index in [-0.39, 0.29) is 72.8 Å². The predicted octanol–water partition coefficient (Wildman–Crippen LogP) is 27.5. The molecule has 616 valence electrons. The first-order chi connectivity index (χ1) is 58.4. The normalized spacial score (nSPS) is 13.0. The van der Waals surface area contributed by atoms with E-state index in [9.17, 15) is 4.79 Å². The number of ether oxygens (including phenoxy) is 1. The van der Waals surface area contributed by atoms with E-state index in [1.165, 1.54) is 134 Å². The van der Waals surface area contributed by atoms with Crippen LogP contribution in [0.2, 0.25) is 0 Å². The molecule has 2 saturated carbocycles. The molecule has 19 aromatic rings. The number of hydrogen-bond donors (Lipinski definition) is 1. The summed E-state index contributed by atoms with van der Waals surface area (Å²) >= 11 is 1.63. The Labute approximate surface area is 757 Å². The van der Waals surface area contributed by atoms with E-state index in [4.69, 9.17) is 24.2 Å². The molecule has 1 N–H and O–H groups in total. The van der Waals surface area contributed by atoms with Crippen molar-refractivity contribution in [3.05, 3.63) is 344 Å². The first-order valence-electron chi connectivity index (χ1n) is 41.2. The zero-order valence-electron chi connectivity index (χ0n) is 68.6. The van der Waals surface area contributed by atoms with Gasteiger partial charge in [0.05, 0.1) is 28.5 Å². The number of benzene rings is 10. The summed E-state index contributed by atoms with van der Waals surface area (Å²) in [5, 5.41) is 19.3. The van der Waals surface area contributed by atoms with Crippen LogP contribution < -0.4 is 4.74 Å². The number of rotatable bonds is 13. The van der Waals surface area contributed by atoms with Gasteiger partial charge in [0.15, 0.2) is 5.78 Å². The molecule has 0 amide bonds. The van der Waals surface area contributed by atoms with Gasteiger partial charge in [0.1, 0.15) is 22.6 Å². The molecular weight excluding hydrogens is 2060 g/mol. The second-order valence-corrected chi connectivity index (χ2v) is 32.0. The topological polar surface area (TPSA) is 151 Å². The van der Waals surface area contributed by atoms with E-state index in [2.05, 4.69) is 219 Å². The van der Waals surface area contributed by atoms with Crippen LogP contribution >= 0.6 is 11.3 Å². The number of aliphatic hydroxyl groups is 1. The number of ketones is 1. The maximum absolute atomic E-state index is 10.0. The largest absolute Gasteiger partial charge is 2.00 e. The van der Waals surface area contributed by atoms with Crippen molar-refractivity contribution in [1.29, 1.82) is 0 Å². The van der Waals surface area contributed by atoms with Gasteiger partial charge in [0, 0.05) is 116 Å². The summed E-state index contributed by atoms with van der Waals surface area (Å²) in [5.74, 6) is 5.08. The van der Waals surface area contributed by atoms with Gasteiger partial charge in [-0.15, -0.1) is 131 Å². The summed E-state index contributed by atoms with van der Waals surface area (Å²) in [5.41, 5.74) is 20.3. The number of imidazole rings is 2. The minimum atomic E-state index is -0.125. The average molecular weight is 2150 g/mol. The van der Waals surface area contributed by atoms with Crippen LogP contribution in [0.1, 0.15) is 152 Å². The summed E-state index contributed by atoms with van der Waals surface area (Å²) < 4.78 is 19.4. The first kappa shape index (κ1) is 86.9. The summed E-state index contributed by atoms with van der Waals surface area (Å²) in [6.07, 6.45) is 25.5. The van der Waals surface area contributed by atoms with Gasteiger partial charge in [-0.1, -0.05) is 209 Å². The maximum Gasteiger partial charge on any atom is 2.00 e. The van der Waals surface area contributed by atoms with Gasteiger partial charge in [-0.2, -0.15) is 6.07 Å². The van der Waals surface area contributed by atoms with E-state index in [1.807, 2.05) is 139 Å². The maximum atomic E-state index is 10.0. The number of pyridine rings is 3. The first-order valence-corrected chi connectivity index (χ1v) is 42.1. The van der Waals surface area contributed by atoms with E-state index in [0.717, 1.165) is 110 Å². The fourth-order valence-electron chi connectivity index (χ4n) is 17.2. The number of carbonyl (C=O) groups is 1. The number of nitrogens with zero attached hydrogens (tertiary/aromatic N) is 9. The number of furan rings is 1. The number of aromatic nitrogens is 9. The molecule has 9 heterocycles. The molecule has 2 aliphatic carbocycles. The van der Waals surface area contributed by atoms with Crippen molar-refractivity contribution in [2.45, 2.75) is 129 Å². The van der Waals surface area contributed by atoms with Crippen molar-refractivity contribution in [2.75, 3.05) is 0 Å². The molecule has 2 aliphatic rings. The van der Waals surface area contributed by atoms with Crippen LogP contribution in [-0.2, 0) is 66.1 Å². The molecule has 0 bridgehead atoms. The van der Waals surface area contributed by atoms with Gasteiger partial charge >= 0.3 is 21.1 Å². The van der Waals surface area contributed by atoms with Crippen LogP contribution in [0.4, 0.5) is 0 Å². The third-order valence-corrected chi connectivity index (χ3v) is 23.4. The van der Waals surface area contributed by atoms with E-state index in [0.29, 0.717) is 35.2 Å². The van der Waals surface area contributed by atoms with Crippen molar-refractivity contribution < 1.29 is 80.3 Å². The molecule has 0 spiro atoms. The fourth-order valence-corrected chi connectivity index (χ4v) is 17.9. The van der Waals surface area contributed by atoms with Gasteiger partial charge in [-0.25, -0.2) is 9.97 Å². The van der Waals surface area contributed by atoms with Crippen molar-refractivity contribution in [3.8, 4) is 68.2 Å². The molecule has 0 atom stereocenters. The molecule has 2 fully saturated rings. The van der Waals surface area contributed by atoms with Gasteiger partial charge < -0.3 is 32.8 Å². The Morgan fingerprint density at radius 1 is 0.541 bits per heavy atom. The van der Waals surface area contributed by atoms with Gasteiger partial charge in [0.25, 0.3) is 0 Å². The van der Waals surface area contributed by atoms with E-state index in [1.54, 1.807) is 23.9 Å². The Morgan fingerprint density at radius 2 is 1.16 bits per heavy atom. The molecule has 0 unspecified atom stereocenters. The Balaban J connectivity index is 0.000000148. The van der Waals surface area contributed by atoms with Crippen LogP contribution in [0.15, 0.2) is 296 Å². The second-order valence-electron chi connectivity index (χ2n) is 31.1. The van der Waals surface area contributed by atoms with Crippen molar-refractivity contribution in [3.63, 3.8) is 0 Å². The summed E-state index contributed by atoms with van der Waals surface area (Å²) in [6, 6.07) is 98.2. The van der Waals surface area contributed by atoms with Crippen LogP contribution in [0.25, 0.3) is 138 Å². The number of carbonyl (C=O) groups excluding carboxylic acids is 1.